The number of amides is 2. The summed E-state index contributed by atoms with van der Waals surface area (Å²) in [6, 6.07) is 24.5. The summed E-state index contributed by atoms with van der Waals surface area (Å²) < 4.78 is 0. The van der Waals surface area contributed by atoms with E-state index in [1.54, 1.807) is 12.1 Å². The minimum absolute atomic E-state index is 0.126. The lowest BCUT2D eigenvalue weighted by atomic mass is 9.82. The summed E-state index contributed by atoms with van der Waals surface area (Å²) in [5, 5.41) is 14.8. The van der Waals surface area contributed by atoms with E-state index in [-0.39, 0.29) is 11.8 Å². The molecule has 3 atom stereocenters. The molecule has 0 aromatic heterocycles. The Hall–Kier alpha value is -3.84. The van der Waals surface area contributed by atoms with Gasteiger partial charge in [0.05, 0.1) is 11.8 Å². The number of carbonyl (C=O) groups is 3. The van der Waals surface area contributed by atoms with Gasteiger partial charge in [0.1, 0.15) is 5.25 Å². The lowest BCUT2D eigenvalue weighted by Gasteiger charge is -2.24. The van der Waals surface area contributed by atoms with Crippen LogP contribution in [0.5, 0.6) is 0 Å². The van der Waals surface area contributed by atoms with Crippen LogP contribution in [-0.4, -0.2) is 22.9 Å². The van der Waals surface area contributed by atoms with Crippen molar-refractivity contribution in [2.45, 2.75) is 29.9 Å². The average molecular weight is 501 g/mol. The first-order valence-corrected chi connectivity index (χ1v) is 12.7. The molecule has 3 aromatic rings. The van der Waals surface area contributed by atoms with Crippen molar-refractivity contribution in [3.63, 3.8) is 0 Å². The molecule has 6 nitrogen and oxygen atoms in total. The first kappa shape index (κ1) is 25.3. The Labute approximate surface area is 214 Å². The molecule has 0 spiro atoms. The summed E-state index contributed by atoms with van der Waals surface area (Å²) in [4.78, 5) is 38.4. The Bertz CT molecular complexity index is 1260. The largest absolute Gasteiger partial charge is 0.481 e. The fourth-order valence-corrected chi connectivity index (χ4v) is 5.22. The zero-order valence-corrected chi connectivity index (χ0v) is 20.7. The first-order valence-electron chi connectivity index (χ1n) is 11.8. The third kappa shape index (κ3) is 6.43. The number of allylic oxidation sites excluding steroid dienone is 2. The van der Waals surface area contributed by atoms with Gasteiger partial charge < -0.3 is 15.7 Å². The monoisotopic (exact) mass is 500 g/mol. The van der Waals surface area contributed by atoms with Gasteiger partial charge in [-0.2, -0.15) is 0 Å². The van der Waals surface area contributed by atoms with E-state index in [4.69, 9.17) is 0 Å². The van der Waals surface area contributed by atoms with Crippen molar-refractivity contribution in [1.82, 2.24) is 0 Å². The van der Waals surface area contributed by atoms with E-state index in [1.807, 2.05) is 85.8 Å². The second-order valence-corrected chi connectivity index (χ2v) is 9.95. The van der Waals surface area contributed by atoms with Crippen molar-refractivity contribution in [3.8, 4) is 0 Å². The van der Waals surface area contributed by atoms with Gasteiger partial charge in [0.25, 0.3) is 0 Å². The van der Waals surface area contributed by atoms with E-state index < -0.39 is 23.1 Å². The zero-order valence-electron chi connectivity index (χ0n) is 19.9. The van der Waals surface area contributed by atoms with Crippen molar-refractivity contribution in [2.75, 3.05) is 10.6 Å². The average Bonchev–Trinajstić information content (AvgIpc) is 2.88. The van der Waals surface area contributed by atoms with Crippen LogP contribution >= 0.6 is 11.8 Å². The summed E-state index contributed by atoms with van der Waals surface area (Å²) >= 11 is 1.42. The van der Waals surface area contributed by atoms with Gasteiger partial charge in [-0.05, 0) is 67.3 Å². The minimum Gasteiger partial charge on any atom is -0.481 e. The third-order valence-electron chi connectivity index (χ3n) is 6.09. The molecule has 2 amide bonds. The second-order valence-electron chi connectivity index (χ2n) is 8.77. The molecule has 1 aliphatic rings. The number of benzene rings is 3. The van der Waals surface area contributed by atoms with Crippen LogP contribution in [0.25, 0.3) is 0 Å². The van der Waals surface area contributed by atoms with Crippen LogP contribution in [0.3, 0.4) is 0 Å². The molecule has 0 fully saturated rings. The fraction of sp³-hybridized carbons (Fsp3) is 0.207. The van der Waals surface area contributed by atoms with Crippen molar-refractivity contribution >= 4 is 40.9 Å². The maximum atomic E-state index is 13.3. The quantitative estimate of drug-likeness (QED) is 0.258. The molecule has 4 rings (SSSR count). The highest BCUT2D eigenvalue weighted by Crippen LogP contribution is 2.37. The summed E-state index contributed by atoms with van der Waals surface area (Å²) in [6.45, 7) is 1.98. The molecule has 0 heterocycles. The highest BCUT2D eigenvalue weighted by Gasteiger charge is 2.34. The van der Waals surface area contributed by atoms with E-state index in [0.717, 1.165) is 21.7 Å². The lowest BCUT2D eigenvalue weighted by Crippen LogP contribution is -2.34. The van der Waals surface area contributed by atoms with Gasteiger partial charge in [-0.3, -0.25) is 14.4 Å². The topological polar surface area (TPSA) is 95.5 Å². The van der Waals surface area contributed by atoms with Gasteiger partial charge in [-0.15, -0.1) is 11.8 Å². The second kappa shape index (κ2) is 11.7. The Balaban J connectivity index is 1.46. The van der Waals surface area contributed by atoms with Crippen LogP contribution in [0.2, 0.25) is 0 Å². The van der Waals surface area contributed by atoms with Gasteiger partial charge in [0.2, 0.25) is 11.8 Å². The number of aliphatic carboxylic acids is 1. The molecule has 1 aliphatic carbocycles. The van der Waals surface area contributed by atoms with Gasteiger partial charge in [0.15, 0.2) is 0 Å². The molecular weight excluding hydrogens is 472 g/mol. The maximum absolute atomic E-state index is 13.3. The smallest absolute Gasteiger partial charge is 0.307 e. The van der Waals surface area contributed by atoms with Crippen molar-refractivity contribution in [1.29, 1.82) is 0 Å². The number of anilines is 2. The number of rotatable bonds is 8. The Morgan fingerprint density at radius 3 is 2.19 bits per heavy atom. The maximum Gasteiger partial charge on any atom is 0.307 e. The Morgan fingerprint density at radius 2 is 1.53 bits per heavy atom. The number of hydrogen-bond acceptors (Lipinski definition) is 4. The SMILES string of the molecule is Cc1cccc(NC(=O)C(Sc2ccc(NC(=O)C3CC=CCC3C(=O)O)cc2)c2ccccc2)c1. The van der Waals surface area contributed by atoms with E-state index in [9.17, 15) is 19.5 Å². The molecule has 0 bridgehead atoms. The Morgan fingerprint density at radius 1 is 0.833 bits per heavy atom. The number of hydrogen-bond donors (Lipinski definition) is 3. The number of carboxylic acid groups (broad SMARTS) is 1. The molecule has 3 unspecified atom stereocenters. The summed E-state index contributed by atoms with van der Waals surface area (Å²) in [6.07, 6.45) is 4.43. The molecule has 0 aliphatic heterocycles. The van der Waals surface area contributed by atoms with Crippen molar-refractivity contribution in [2.24, 2.45) is 11.8 Å². The number of carbonyl (C=O) groups excluding carboxylic acids is 2. The van der Waals surface area contributed by atoms with Crippen molar-refractivity contribution in [3.05, 3.63) is 102 Å². The summed E-state index contributed by atoms with van der Waals surface area (Å²) in [5.41, 5.74) is 3.28. The van der Waals surface area contributed by atoms with Crippen LogP contribution in [0, 0.1) is 18.8 Å². The Kier molecular flexibility index (Phi) is 8.23. The lowest BCUT2D eigenvalue weighted by molar-refractivity contribution is -0.146. The number of thioether (sulfide) groups is 1. The van der Waals surface area contributed by atoms with E-state index >= 15 is 0 Å². The molecule has 3 aromatic carbocycles. The van der Waals surface area contributed by atoms with E-state index in [0.29, 0.717) is 18.5 Å². The summed E-state index contributed by atoms with van der Waals surface area (Å²) in [5.74, 6) is -2.70. The van der Waals surface area contributed by atoms with Gasteiger partial charge in [-0.25, -0.2) is 0 Å². The molecule has 0 saturated heterocycles. The highest BCUT2D eigenvalue weighted by atomic mass is 32.2. The van der Waals surface area contributed by atoms with Gasteiger partial charge >= 0.3 is 5.97 Å². The van der Waals surface area contributed by atoms with Crippen LogP contribution in [0.15, 0.2) is 95.9 Å². The summed E-state index contributed by atoms with van der Waals surface area (Å²) in [7, 11) is 0. The normalized spacial score (nSPS) is 17.7. The number of aryl methyl sites for hydroxylation is 1. The molecule has 0 saturated carbocycles. The standard InChI is InChI=1S/C29H28N2O4S/c1-19-8-7-11-22(18-19)31-28(33)26(20-9-3-2-4-10-20)36-23-16-14-21(15-17-23)30-27(32)24-12-5-6-13-25(24)29(34)35/h2-11,14-18,24-26H,12-13H2,1H3,(H,30,32)(H,31,33)(H,34,35). The zero-order chi connectivity index (χ0) is 25.5. The van der Waals surface area contributed by atoms with Crippen LogP contribution < -0.4 is 10.6 Å². The molecule has 0 radical (unpaired) electrons. The molecule has 36 heavy (non-hydrogen) atoms. The van der Waals surface area contributed by atoms with Crippen LogP contribution in [0.1, 0.15) is 29.2 Å². The predicted molar refractivity (Wildman–Crippen MR) is 143 cm³/mol. The molecule has 184 valence electrons. The molecule has 3 N–H and O–H groups in total. The van der Waals surface area contributed by atoms with Crippen LogP contribution in [-0.2, 0) is 14.4 Å². The number of nitrogens with one attached hydrogen (secondary N) is 2. The van der Waals surface area contributed by atoms with Crippen LogP contribution in [0.4, 0.5) is 11.4 Å². The predicted octanol–water partition coefficient (Wildman–Crippen LogP) is 6.07. The fourth-order valence-electron chi connectivity index (χ4n) is 4.20. The highest BCUT2D eigenvalue weighted by molar-refractivity contribution is 8.00. The van der Waals surface area contributed by atoms with Gasteiger partial charge in [0, 0.05) is 16.3 Å². The minimum atomic E-state index is -0.956. The molecular formula is C29H28N2O4S. The first-order chi connectivity index (χ1) is 17.4. The van der Waals surface area contributed by atoms with E-state index in [1.165, 1.54) is 11.8 Å². The number of carboxylic acids is 1. The third-order valence-corrected chi connectivity index (χ3v) is 7.35. The van der Waals surface area contributed by atoms with Crippen molar-refractivity contribution < 1.29 is 19.5 Å². The van der Waals surface area contributed by atoms with E-state index in [2.05, 4.69) is 10.6 Å². The molecule has 7 heteroatoms. The van der Waals surface area contributed by atoms with Gasteiger partial charge in [-0.1, -0.05) is 54.6 Å².